The lowest BCUT2D eigenvalue weighted by molar-refractivity contribution is -0.206. The molecule has 13 heteroatoms. The van der Waals surface area contributed by atoms with Crippen LogP contribution in [0.15, 0.2) is 36.5 Å². The van der Waals surface area contributed by atoms with Gasteiger partial charge >= 0.3 is 12.3 Å². The largest absolute Gasteiger partial charge is 0.453 e. The summed E-state index contributed by atoms with van der Waals surface area (Å²) in [5, 5.41) is 12.1. The minimum atomic E-state index is -4.88. The molecule has 2 amide bonds. The minimum absolute atomic E-state index is 0.0184. The van der Waals surface area contributed by atoms with Crippen LogP contribution in [0.25, 0.3) is 16.9 Å². The molecule has 3 aromatic rings. The number of aromatic nitrogens is 2. The second kappa shape index (κ2) is 10.3. The first-order valence-electron chi connectivity index (χ1n) is 11.3. The Balaban J connectivity index is 1.79. The van der Waals surface area contributed by atoms with Crippen molar-refractivity contribution in [3.63, 3.8) is 0 Å². The number of halogens is 4. The summed E-state index contributed by atoms with van der Waals surface area (Å²) in [7, 11) is 2.66. The predicted octanol–water partition coefficient (Wildman–Crippen LogP) is 3.11. The summed E-state index contributed by atoms with van der Waals surface area (Å²) in [5.41, 5.74) is 0.245. The van der Waals surface area contributed by atoms with E-state index in [2.05, 4.69) is 10.3 Å². The van der Waals surface area contributed by atoms with E-state index in [1.165, 1.54) is 41.8 Å². The third-order valence-electron chi connectivity index (χ3n) is 6.08. The Morgan fingerprint density at radius 3 is 2.70 bits per heavy atom. The van der Waals surface area contributed by atoms with Crippen molar-refractivity contribution in [2.75, 3.05) is 33.9 Å². The van der Waals surface area contributed by atoms with Crippen LogP contribution in [-0.2, 0) is 15.9 Å². The van der Waals surface area contributed by atoms with Crippen LogP contribution in [0.2, 0.25) is 0 Å². The van der Waals surface area contributed by atoms with Gasteiger partial charge in [-0.1, -0.05) is 0 Å². The van der Waals surface area contributed by atoms with Gasteiger partial charge in [-0.25, -0.2) is 14.2 Å². The number of fused-ring (bicyclic) bond motifs is 1. The topological polar surface area (TPSA) is 105 Å². The molecule has 0 aliphatic carbocycles. The van der Waals surface area contributed by atoms with Crippen molar-refractivity contribution in [3.8, 4) is 11.3 Å². The van der Waals surface area contributed by atoms with E-state index in [0.29, 0.717) is 12.2 Å². The Morgan fingerprint density at radius 1 is 1.30 bits per heavy atom. The lowest BCUT2D eigenvalue weighted by Gasteiger charge is -2.32. The molecule has 2 aromatic heterocycles. The van der Waals surface area contributed by atoms with Gasteiger partial charge < -0.3 is 29.2 Å². The maximum atomic E-state index is 15.2. The predicted molar refractivity (Wildman–Crippen MR) is 122 cm³/mol. The number of nitrogens with one attached hydrogen (secondary N) is 1. The van der Waals surface area contributed by atoms with Gasteiger partial charge in [0.25, 0.3) is 5.91 Å². The number of hydrogen-bond donors (Lipinski definition) is 2. The van der Waals surface area contributed by atoms with Crippen molar-refractivity contribution >= 4 is 17.6 Å². The van der Waals surface area contributed by atoms with E-state index < -0.39 is 41.8 Å². The molecular weight excluding hydrogens is 500 g/mol. The Labute approximate surface area is 208 Å². The third-order valence-corrected chi connectivity index (χ3v) is 6.08. The standard InChI is InChI=1S/C24H24F4N4O5/c1-29-22(34)14-3-4-16(17(25)9-14)20-18(11-15-12-31(7-8-37-15)23(35)36-2)32-6-5-13(10-19(32)30-20)21(33)24(26,27)28/h3-6,9-10,15,21,33H,7-8,11-12H2,1-2H3,(H,29,34)/t15-,21?/m0/s1. The van der Waals surface area contributed by atoms with Crippen LogP contribution in [0, 0.1) is 5.82 Å². The monoisotopic (exact) mass is 524 g/mol. The van der Waals surface area contributed by atoms with Crippen LogP contribution >= 0.6 is 0 Å². The first-order valence-corrected chi connectivity index (χ1v) is 11.3. The second-order valence-corrected chi connectivity index (χ2v) is 8.43. The maximum absolute atomic E-state index is 15.2. The molecule has 1 aromatic carbocycles. The highest BCUT2D eigenvalue weighted by molar-refractivity contribution is 5.94. The van der Waals surface area contributed by atoms with E-state index in [0.717, 1.165) is 18.2 Å². The molecule has 1 aliphatic rings. The van der Waals surface area contributed by atoms with E-state index in [-0.39, 0.29) is 42.0 Å². The number of aliphatic hydroxyl groups excluding tert-OH is 1. The highest BCUT2D eigenvalue weighted by Gasteiger charge is 2.39. The number of benzene rings is 1. The number of hydrogen-bond acceptors (Lipinski definition) is 6. The number of alkyl halides is 3. The van der Waals surface area contributed by atoms with Gasteiger partial charge in [0, 0.05) is 37.3 Å². The van der Waals surface area contributed by atoms with E-state index in [1.807, 2.05) is 0 Å². The summed E-state index contributed by atoms with van der Waals surface area (Å²) < 4.78 is 66.5. The first kappa shape index (κ1) is 26.4. The molecule has 0 bridgehead atoms. The molecule has 0 radical (unpaired) electrons. The average molecular weight is 524 g/mol. The van der Waals surface area contributed by atoms with Crippen molar-refractivity contribution in [1.82, 2.24) is 19.6 Å². The number of morpholine rings is 1. The fourth-order valence-electron chi connectivity index (χ4n) is 4.23. The SMILES string of the molecule is CNC(=O)c1ccc(-c2nc3cc(C(O)C(F)(F)F)ccn3c2C[C@H]2CN(C(=O)OC)CCO2)c(F)c1. The van der Waals surface area contributed by atoms with Crippen molar-refractivity contribution in [2.45, 2.75) is 24.8 Å². The van der Waals surface area contributed by atoms with Crippen molar-refractivity contribution in [1.29, 1.82) is 0 Å². The molecule has 37 heavy (non-hydrogen) atoms. The molecule has 4 rings (SSSR count). The molecule has 0 spiro atoms. The van der Waals surface area contributed by atoms with Gasteiger partial charge in [0.2, 0.25) is 0 Å². The maximum Gasteiger partial charge on any atom is 0.418 e. The van der Waals surface area contributed by atoms with Crippen molar-refractivity contribution in [2.24, 2.45) is 0 Å². The highest BCUT2D eigenvalue weighted by Crippen LogP contribution is 2.35. The number of methoxy groups -OCH3 is 1. The first-order chi connectivity index (χ1) is 17.5. The summed E-state index contributed by atoms with van der Waals surface area (Å²) >= 11 is 0. The van der Waals surface area contributed by atoms with Crippen LogP contribution < -0.4 is 5.32 Å². The summed E-state index contributed by atoms with van der Waals surface area (Å²) in [6, 6.07) is 5.98. The number of ether oxygens (including phenoxy) is 2. The van der Waals surface area contributed by atoms with Crippen molar-refractivity contribution < 1.29 is 41.7 Å². The number of carbonyl (C=O) groups excluding carboxylic acids is 2. The number of pyridine rings is 1. The van der Waals surface area contributed by atoms with Crippen molar-refractivity contribution in [3.05, 3.63) is 59.2 Å². The number of amides is 2. The summed E-state index contributed by atoms with van der Waals surface area (Å²) in [6.45, 7) is 0.711. The number of carbonyl (C=O) groups is 2. The molecule has 198 valence electrons. The normalized spacial score (nSPS) is 17.1. The zero-order valence-corrected chi connectivity index (χ0v) is 19.9. The van der Waals surface area contributed by atoms with Crippen LogP contribution in [0.5, 0.6) is 0 Å². The lowest BCUT2D eigenvalue weighted by atomic mass is 10.0. The molecule has 2 atom stereocenters. The smallest absolute Gasteiger partial charge is 0.418 e. The lowest BCUT2D eigenvalue weighted by Crippen LogP contribution is -2.46. The number of rotatable bonds is 5. The average Bonchev–Trinajstić information content (AvgIpc) is 3.23. The molecule has 1 unspecified atom stereocenters. The zero-order chi connectivity index (χ0) is 26.9. The Hall–Kier alpha value is -3.71. The molecule has 3 heterocycles. The summed E-state index contributed by atoms with van der Waals surface area (Å²) in [5.74, 6) is -1.26. The van der Waals surface area contributed by atoms with Gasteiger partial charge in [0.1, 0.15) is 11.5 Å². The van der Waals surface area contributed by atoms with Gasteiger partial charge in [-0.15, -0.1) is 0 Å². The highest BCUT2D eigenvalue weighted by atomic mass is 19.4. The summed E-state index contributed by atoms with van der Waals surface area (Å²) in [6.07, 6.45) is -7.25. The van der Waals surface area contributed by atoms with Crippen LogP contribution in [0.1, 0.15) is 27.7 Å². The van der Waals surface area contributed by atoms with E-state index in [1.54, 1.807) is 0 Å². The van der Waals surface area contributed by atoms with Crippen LogP contribution in [-0.4, -0.2) is 77.5 Å². The molecule has 1 saturated heterocycles. The Kier molecular flexibility index (Phi) is 7.37. The molecule has 2 N–H and O–H groups in total. The molecule has 1 aliphatic heterocycles. The van der Waals surface area contributed by atoms with Gasteiger partial charge in [0.05, 0.1) is 37.8 Å². The quantitative estimate of drug-likeness (QED) is 0.497. The second-order valence-electron chi connectivity index (χ2n) is 8.43. The fourth-order valence-corrected chi connectivity index (χ4v) is 4.23. The van der Waals surface area contributed by atoms with Gasteiger partial charge in [-0.2, -0.15) is 13.2 Å². The number of nitrogens with zero attached hydrogens (tertiary/aromatic N) is 3. The number of imidazole rings is 1. The Bertz CT molecular complexity index is 1330. The third kappa shape index (κ3) is 5.37. The molecule has 0 saturated carbocycles. The van der Waals surface area contributed by atoms with Gasteiger partial charge in [0.15, 0.2) is 6.10 Å². The van der Waals surface area contributed by atoms with Crippen LogP contribution in [0.3, 0.4) is 0 Å². The zero-order valence-electron chi connectivity index (χ0n) is 19.9. The number of aliphatic hydroxyl groups is 1. The summed E-state index contributed by atoms with van der Waals surface area (Å²) in [4.78, 5) is 29.7. The van der Waals surface area contributed by atoms with E-state index in [9.17, 15) is 27.9 Å². The van der Waals surface area contributed by atoms with Gasteiger partial charge in [-0.05, 0) is 35.9 Å². The fraction of sp³-hybridized carbons (Fsp3) is 0.375. The minimum Gasteiger partial charge on any atom is -0.453 e. The molecular formula is C24H24F4N4O5. The molecule has 9 nitrogen and oxygen atoms in total. The molecule has 1 fully saturated rings. The van der Waals surface area contributed by atoms with Crippen LogP contribution in [0.4, 0.5) is 22.4 Å². The van der Waals surface area contributed by atoms with E-state index in [4.69, 9.17) is 9.47 Å². The Morgan fingerprint density at radius 2 is 2.05 bits per heavy atom. The van der Waals surface area contributed by atoms with Gasteiger partial charge in [-0.3, -0.25) is 4.79 Å². The van der Waals surface area contributed by atoms with E-state index >= 15 is 4.39 Å².